The van der Waals surface area contributed by atoms with E-state index >= 15 is 0 Å². The maximum atomic E-state index is 12.1. The molecule has 104 valence electrons. The lowest BCUT2D eigenvalue weighted by molar-refractivity contribution is 0.392. The van der Waals surface area contributed by atoms with E-state index in [0.29, 0.717) is 6.54 Å². The predicted molar refractivity (Wildman–Crippen MR) is 77.4 cm³/mol. The fourth-order valence-corrected chi connectivity index (χ4v) is 2.86. The summed E-state index contributed by atoms with van der Waals surface area (Å²) >= 11 is 3.33. The van der Waals surface area contributed by atoms with Gasteiger partial charge in [0.1, 0.15) is 0 Å². The van der Waals surface area contributed by atoms with E-state index in [2.05, 4.69) is 15.9 Å². The second-order valence-electron chi connectivity index (χ2n) is 4.12. The van der Waals surface area contributed by atoms with E-state index in [1.807, 2.05) is 30.3 Å². The molecule has 0 N–H and O–H groups in total. The summed E-state index contributed by atoms with van der Waals surface area (Å²) in [6.07, 6.45) is 0.182. The van der Waals surface area contributed by atoms with E-state index in [1.54, 1.807) is 0 Å². The molecule has 0 spiro atoms. The van der Waals surface area contributed by atoms with Crippen LogP contribution >= 0.6 is 15.9 Å². The molecule has 0 heterocycles. The lowest BCUT2D eigenvalue weighted by Crippen LogP contribution is -2.39. The normalized spacial score (nSPS) is 11.8. The number of benzene rings is 1. The van der Waals surface area contributed by atoms with Crippen molar-refractivity contribution in [3.63, 3.8) is 0 Å². The minimum absolute atomic E-state index is 0.182. The van der Waals surface area contributed by atoms with Crippen molar-refractivity contribution in [3.05, 3.63) is 34.3 Å². The zero-order valence-electron chi connectivity index (χ0n) is 10.9. The van der Waals surface area contributed by atoms with Gasteiger partial charge >= 0.3 is 0 Å². The standard InChI is InChI=1S/C12H16BrN3O2S/c1-15(9-3-8-14)19(17,18)16(2)10-11-4-6-12(13)7-5-11/h4-7H,3,9-10H2,1-2H3. The minimum Gasteiger partial charge on any atom is -0.198 e. The lowest BCUT2D eigenvalue weighted by Gasteiger charge is -2.23. The highest BCUT2D eigenvalue weighted by molar-refractivity contribution is 9.10. The van der Waals surface area contributed by atoms with Gasteiger partial charge in [-0.3, -0.25) is 0 Å². The van der Waals surface area contributed by atoms with Gasteiger partial charge in [-0.1, -0.05) is 28.1 Å². The fraction of sp³-hybridized carbons (Fsp3) is 0.417. The SMILES string of the molecule is CN(CCC#N)S(=O)(=O)N(C)Cc1ccc(Br)cc1. The molecule has 0 radical (unpaired) electrons. The van der Waals surface area contributed by atoms with Crippen LogP contribution in [0.5, 0.6) is 0 Å². The van der Waals surface area contributed by atoms with E-state index in [9.17, 15) is 8.42 Å². The van der Waals surface area contributed by atoms with Gasteiger partial charge in [0.25, 0.3) is 10.2 Å². The molecule has 0 unspecified atom stereocenters. The van der Waals surface area contributed by atoms with E-state index in [4.69, 9.17) is 5.26 Å². The molecule has 0 aliphatic rings. The largest absolute Gasteiger partial charge is 0.281 e. The summed E-state index contributed by atoms with van der Waals surface area (Å²) in [5.74, 6) is 0. The maximum Gasteiger partial charge on any atom is 0.281 e. The fourth-order valence-electron chi connectivity index (χ4n) is 1.49. The molecule has 0 aliphatic carbocycles. The molecule has 0 aromatic heterocycles. The number of hydrogen-bond donors (Lipinski definition) is 0. The third kappa shape index (κ3) is 4.58. The van der Waals surface area contributed by atoms with Gasteiger partial charge in [0, 0.05) is 38.1 Å². The highest BCUT2D eigenvalue weighted by Gasteiger charge is 2.23. The molecular formula is C12H16BrN3O2S. The molecule has 19 heavy (non-hydrogen) atoms. The van der Waals surface area contributed by atoms with Gasteiger partial charge in [0.2, 0.25) is 0 Å². The Balaban J connectivity index is 2.73. The summed E-state index contributed by atoms with van der Waals surface area (Å²) in [4.78, 5) is 0. The third-order valence-corrected chi connectivity index (χ3v) is 5.06. The van der Waals surface area contributed by atoms with Crippen LogP contribution in [0.4, 0.5) is 0 Å². The Morgan fingerprint density at radius 1 is 1.21 bits per heavy atom. The Morgan fingerprint density at radius 2 is 1.79 bits per heavy atom. The Labute approximate surface area is 122 Å². The Bertz CT molecular complexity index is 551. The Hall–Kier alpha value is -0.940. The van der Waals surface area contributed by atoms with Crippen molar-refractivity contribution in [2.45, 2.75) is 13.0 Å². The van der Waals surface area contributed by atoms with Crippen molar-refractivity contribution in [1.82, 2.24) is 8.61 Å². The average Bonchev–Trinajstić information content (AvgIpc) is 2.38. The van der Waals surface area contributed by atoms with Gasteiger partial charge in [0.15, 0.2) is 0 Å². The molecule has 0 saturated heterocycles. The topological polar surface area (TPSA) is 64.4 Å². The van der Waals surface area contributed by atoms with E-state index in [0.717, 1.165) is 10.0 Å². The first-order valence-electron chi connectivity index (χ1n) is 5.67. The second kappa shape index (κ2) is 7.01. The first kappa shape index (κ1) is 16.1. The smallest absolute Gasteiger partial charge is 0.198 e. The van der Waals surface area contributed by atoms with Crippen LogP contribution in [0.15, 0.2) is 28.7 Å². The van der Waals surface area contributed by atoms with E-state index in [1.165, 1.54) is 22.7 Å². The number of hydrogen-bond acceptors (Lipinski definition) is 3. The Kier molecular flexibility index (Phi) is 5.94. The van der Waals surface area contributed by atoms with Crippen molar-refractivity contribution in [1.29, 1.82) is 5.26 Å². The predicted octanol–water partition coefficient (Wildman–Crippen LogP) is 1.97. The quantitative estimate of drug-likeness (QED) is 0.791. The van der Waals surface area contributed by atoms with Crippen molar-refractivity contribution < 1.29 is 8.42 Å². The van der Waals surface area contributed by atoms with Crippen molar-refractivity contribution in [3.8, 4) is 6.07 Å². The van der Waals surface area contributed by atoms with Gasteiger partial charge in [-0.05, 0) is 17.7 Å². The van der Waals surface area contributed by atoms with Crippen LogP contribution in [0.1, 0.15) is 12.0 Å². The number of nitrogens with zero attached hydrogens (tertiary/aromatic N) is 3. The average molecular weight is 346 g/mol. The summed E-state index contributed by atoms with van der Waals surface area (Å²) in [5.41, 5.74) is 0.906. The van der Waals surface area contributed by atoms with E-state index < -0.39 is 10.2 Å². The van der Waals surface area contributed by atoms with Gasteiger partial charge in [0.05, 0.1) is 6.07 Å². The highest BCUT2D eigenvalue weighted by atomic mass is 79.9. The monoisotopic (exact) mass is 345 g/mol. The van der Waals surface area contributed by atoms with Gasteiger partial charge in [-0.2, -0.15) is 22.3 Å². The van der Waals surface area contributed by atoms with Crippen molar-refractivity contribution >= 4 is 26.1 Å². The number of halogens is 1. The molecule has 0 atom stereocenters. The van der Waals surface area contributed by atoms with Crippen LogP contribution in [-0.4, -0.2) is 37.7 Å². The lowest BCUT2D eigenvalue weighted by atomic mass is 10.2. The molecule has 0 bridgehead atoms. The first-order valence-corrected chi connectivity index (χ1v) is 7.86. The minimum atomic E-state index is -3.52. The Morgan fingerprint density at radius 3 is 2.32 bits per heavy atom. The second-order valence-corrected chi connectivity index (χ2v) is 7.18. The zero-order chi connectivity index (χ0) is 14.5. The van der Waals surface area contributed by atoms with Gasteiger partial charge in [-0.15, -0.1) is 0 Å². The number of nitriles is 1. The molecule has 1 aromatic carbocycles. The van der Waals surface area contributed by atoms with Crippen LogP contribution in [0.3, 0.4) is 0 Å². The molecular weight excluding hydrogens is 330 g/mol. The van der Waals surface area contributed by atoms with Crippen molar-refractivity contribution in [2.75, 3.05) is 20.6 Å². The van der Waals surface area contributed by atoms with Crippen LogP contribution in [0, 0.1) is 11.3 Å². The van der Waals surface area contributed by atoms with E-state index in [-0.39, 0.29) is 13.0 Å². The zero-order valence-corrected chi connectivity index (χ0v) is 13.3. The summed E-state index contributed by atoms with van der Waals surface area (Å²) in [6, 6.07) is 9.41. The van der Waals surface area contributed by atoms with Crippen LogP contribution in [0.2, 0.25) is 0 Å². The van der Waals surface area contributed by atoms with Crippen LogP contribution < -0.4 is 0 Å². The molecule has 0 amide bonds. The highest BCUT2D eigenvalue weighted by Crippen LogP contribution is 2.14. The summed E-state index contributed by atoms with van der Waals surface area (Å²) in [7, 11) is -0.511. The molecule has 0 aliphatic heterocycles. The molecule has 0 saturated carbocycles. The summed E-state index contributed by atoms with van der Waals surface area (Å²) in [5, 5.41) is 8.49. The number of rotatable bonds is 6. The maximum absolute atomic E-state index is 12.1. The molecule has 1 aromatic rings. The van der Waals surface area contributed by atoms with Gasteiger partial charge < -0.3 is 0 Å². The van der Waals surface area contributed by atoms with Gasteiger partial charge in [-0.25, -0.2) is 0 Å². The van der Waals surface area contributed by atoms with Crippen LogP contribution in [0.25, 0.3) is 0 Å². The van der Waals surface area contributed by atoms with Crippen molar-refractivity contribution in [2.24, 2.45) is 0 Å². The molecule has 5 nitrogen and oxygen atoms in total. The van der Waals surface area contributed by atoms with Crippen LogP contribution in [-0.2, 0) is 16.8 Å². The molecule has 0 fully saturated rings. The summed E-state index contributed by atoms with van der Waals surface area (Å²) in [6.45, 7) is 0.496. The third-order valence-electron chi connectivity index (χ3n) is 2.64. The molecule has 1 rings (SSSR count). The summed E-state index contributed by atoms with van der Waals surface area (Å²) < 4.78 is 27.7. The molecule has 7 heteroatoms. The first-order chi connectivity index (χ1) is 8.87.